The molecule has 1 aromatic heterocycles. The first-order chi connectivity index (χ1) is 9.18. The second kappa shape index (κ2) is 4.44. The van der Waals surface area contributed by atoms with Crippen molar-refractivity contribution in [2.24, 2.45) is 0 Å². The predicted molar refractivity (Wildman–Crippen MR) is 69.5 cm³/mol. The summed E-state index contributed by atoms with van der Waals surface area (Å²) < 4.78 is 15.5. The molecule has 3 aromatic rings. The van der Waals surface area contributed by atoms with Crippen molar-refractivity contribution < 1.29 is 9.50 Å². The molecule has 0 aliphatic carbocycles. The zero-order chi connectivity index (χ0) is 13.4. The Labute approximate surface area is 109 Å². The van der Waals surface area contributed by atoms with E-state index in [0.717, 1.165) is 0 Å². The molecular formula is C14H12FN3O. The summed E-state index contributed by atoms with van der Waals surface area (Å²) in [5.41, 5.74) is 2.11. The molecule has 0 aliphatic heterocycles. The fourth-order valence-electron chi connectivity index (χ4n) is 2.13. The van der Waals surface area contributed by atoms with Crippen LogP contribution in [-0.2, 0) is 0 Å². The van der Waals surface area contributed by atoms with Crippen molar-refractivity contribution in [3.63, 3.8) is 0 Å². The highest BCUT2D eigenvalue weighted by Gasteiger charge is 2.17. The number of aromatic nitrogens is 3. The average molecular weight is 257 g/mol. The third kappa shape index (κ3) is 1.88. The zero-order valence-corrected chi connectivity index (χ0v) is 10.3. The van der Waals surface area contributed by atoms with Crippen LogP contribution in [0.4, 0.5) is 4.39 Å². The number of nitrogens with zero attached hydrogens (tertiary/aromatic N) is 3. The second-order valence-electron chi connectivity index (χ2n) is 4.34. The summed E-state index contributed by atoms with van der Waals surface area (Å²) >= 11 is 0. The summed E-state index contributed by atoms with van der Waals surface area (Å²) in [6, 6.07) is 11.9. The first-order valence-electron chi connectivity index (χ1n) is 5.96. The fraction of sp³-hybridized carbons (Fsp3) is 0.143. The molecule has 4 nitrogen and oxygen atoms in total. The molecule has 5 heteroatoms. The fourth-order valence-corrected chi connectivity index (χ4v) is 2.13. The molecule has 3 rings (SSSR count). The van der Waals surface area contributed by atoms with Crippen molar-refractivity contribution in [2.75, 3.05) is 0 Å². The number of para-hydroxylation sites is 2. The summed E-state index contributed by atoms with van der Waals surface area (Å²) in [7, 11) is 0. The van der Waals surface area contributed by atoms with Crippen LogP contribution < -0.4 is 0 Å². The highest BCUT2D eigenvalue weighted by atomic mass is 19.1. The Morgan fingerprint density at radius 3 is 2.74 bits per heavy atom. The first-order valence-corrected chi connectivity index (χ1v) is 5.96. The number of aliphatic hydroxyl groups excluding tert-OH is 1. The molecule has 1 heterocycles. The van der Waals surface area contributed by atoms with Crippen LogP contribution in [-0.4, -0.2) is 20.1 Å². The van der Waals surface area contributed by atoms with Crippen LogP contribution in [0.5, 0.6) is 0 Å². The van der Waals surface area contributed by atoms with Gasteiger partial charge in [0.1, 0.15) is 17.0 Å². The van der Waals surface area contributed by atoms with Crippen LogP contribution in [0.2, 0.25) is 0 Å². The molecule has 0 fully saturated rings. The van der Waals surface area contributed by atoms with E-state index in [-0.39, 0.29) is 5.69 Å². The first kappa shape index (κ1) is 11.8. The molecule has 0 unspecified atom stereocenters. The van der Waals surface area contributed by atoms with Crippen LogP contribution in [0.3, 0.4) is 0 Å². The van der Waals surface area contributed by atoms with Gasteiger partial charge in [0.05, 0.1) is 11.6 Å². The number of fused-ring (bicyclic) bond motifs is 1. The molecule has 0 saturated heterocycles. The van der Waals surface area contributed by atoms with Gasteiger partial charge in [-0.1, -0.05) is 29.5 Å². The molecule has 0 aliphatic rings. The molecule has 0 radical (unpaired) electrons. The van der Waals surface area contributed by atoms with Gasteiger partial charge >= 0.3 is 0 Å². The van der Waals surface area contributed by atoms with Gasteiger partial charge in [0.2, 0.25) is 0 Å². The summed E-state index contributed by atoms with van der Waals surface area (Å²) in [5.74, 6) is -0.436. The molecule has 0 saturated carbocycles. The zero-order valence-electron chi connectivity index (χ0n) is 10.3. The third-order valence-corrected chi connectivity index (χ3v) is 3.03. The van der Waals surface area contributed by atoms with Crippen LogP contribution in [0.15, 0.2) is 42.5 Å². The summed E-state index contributed by atoms with van der Waals surface area (Å²) in [5, 5.41) is 17.8. The van der Waals surface area contributed by atoms with Crippen molar-refractivity contribution >= 4 is 11.0 Å². The van der Waals surface area contributed by atoms with E-state index in [1.165, 1.54) is 10.7 Å². The van der Waals surface area contributed by atoms with E-state index >= 15 is 0 Å². The van der Waals surface area contributed by atoms with Gasteiger partial charge in [-0.3, -0.25) is 0 Å². The minimum atomic E-state index is -0.784. The highest BCUT2D eigenvalue weighted by molar-refractivity contribution is 5.76. The number of hydrogen-bond donors (Lipinski definition) is 1. The standard InChI is InChI=1S/C14H12FN3O/c1-9(19)10-5-4-6-11(15)14(10)18-13-8-3-2-7-12(13)16-17-18/h2-9,19H,1H3/t9-/m0/s1. The van der Waals surface area contributed by atoms with Crippen LogP contribution in [0.25, 0.3) is 16.7 Å². The number of rotatable bonds is 2. The van der Waals surface area contributed by atoms with Crippen molar-refractivity contribution in [1.29, 1.82) is 0 Å². The van der Waals surface area contributed by atoms with Crippen molar-refractivity contribution in [3.8, 4) is 5.69 Å². The van der Waals surface area contributed by atoms with E-state index in [2.05, 4.69) is 10.3 Å². The van der Waals surface area contributed by atoms with Gasteiger partial charge in [-0.05, 0) is 25.1 Å². The Bertz CT molecular complexity index is 736. The van der Waals surface area contributed by atoms with E-state index in [9.17, 15) is 9.50 Å². The number of hydrogen-bond acceptors (Lipinski definition) is 3. The lowest BCUT2D eigenvalue weighted by molar-refractivity contribution is 0.198. The quantitative estimate of drug-likeness (QED) is 0.767. The Morgan fingerprint density at radius 1 is 1.16 bits per heavy atom. The summed E-state index contributed by atoms with van der Waals surface area (Å²) in [4.78, 5) is 0. The molecule has 19 heavy (non-hydrogen) atoms. The van der Waals surface area contributed by atoms with Crippen molar-refractivity contribution in [1.82, 2.24) is 15.0 Å². The average Bonchev–Trinajstić information content (AvgIpc) is 2.82. The maximum Gasteiger partial charge on any atom is 0.149 e. The van der Waals surface area contributed by atoms with Crippen molar-refractivity contribution in [3.05, 3.63) is 53.8 Å². The van der Waals surface area contributed by atoms with Crippen LogP contribution in [0, 0.1) is 5.82 Å². The molecule has 0 bridgehead atoms. The van der Waals surface area contributed by atoms with Gasteiger partial charge in [-0.25, -0.2) is 9.07 Å². The molecule has 96 valence electrons. The smallest absolute Gasteiger partial charge is 0.149 e. The third-order valence-electron chi connectivity index (χ3n) is 3.03. The minimum absolute atomic E-state index is 0.242. The normalized spacial score (nSPS) is 12.8. The van der Waals surface area contributed by atoms with E-state index in [0.29, 0.717) is 16.6 Å². The minimum Gasteiger partial charge on any atom is -0.389 e. The van der Waals surface area contributed by atoms with E-state index < -0.39 is 11.9 Å². The van der Waals surface area contributed by atoms with E-state index in [4.69, 9.17) is 0 Å². The van der Waals surface area contributed by atoms with Crippen LogP contribution >= 0.6 is 0 Å². The van der Waals surface area contributed by atoms with Gasteiger partial charge in [-0.15, -0.1) is 5.10 Å². The maximum absolute atomic E-state index is 14.1. The number of aliphatic hydroxyl groups is 1. The maximum atomic E-state index is 14.1. The Kier molecular flexibility index (Phi) is 2.76. The lowest BCUT2D eigenvalue weighted by atomic mass is 10.1. The topological polar surface area (TPSA) is 50.9 Å². The number of benzene rings is 2. The Hall–Kier alpha value is -2.27. The van der Waals surface area contributed by atoms with Gasteiger partial charge in [0.15, 0.2) is 0 Å². The molecule has 1 N–H and O–H groups in total. The number of halogens is 1. The summed E-state index contributed by atoms with van der Waals surface area (Å²) in [6.45, 7) is 1.59. The lowest BCUT2D eigenvalue weighted by Gasteiger charge is -2.12. The monoisotopic (exact) mass is 257 g/mol. The van der Waals surface area contributed by atoms with Gasteiger partial charge in [0, 0.05) is 5.56 Å². The summed E-state index contributed by atoms with van der Waals surface area (Å²) in [6.07, 6.45) is -0.784. The SMILES string of the molecule is C[C@H](O)c1cccc(F)c1-n1nnc2ccccc21. The van der Waals surface area contributed by atoms with E-state index in [1.54, 1.807) is 19.1 Å². The van der Waals surface area contributed by atoms with Crippen molar-refractivity contribution in [2.45, 2.75) is 13.0 Å². The molecule has 1 atom stereocenters. The van der Waals surface area contributed by atoms with Gasteiger partial charge in [-0.2, -0.15) is 0 Å². The largest absolute Gasteiger partial charge is 0.389 e. The molecular weight excluding hydrogens is 245 g/mol. The second-order valence-corrected chi connectivity index (χ2v) is 4.34. The van der Waals surface area contributed by atoms with Crippen LogP contribution in [0.1, 0.15) is 18.6 Å². The lowest BCUT2D eigenvalue weighted by Crippen LogP contribution is -2.07. The molecule has 2 aromatic carbocycles. The van der Waals surface area contributed by atoms with E-state index in [1.807, 2.05) is 24.3 Å². The molecule has 0 spiro atoms. The van der Waals surface area contributed by atoms with Gasteiger partial charge < -0.3 is 5.11 Å². The Balaban J connectivity index is 2.33. The molecule has 0 amide bonds. The Morgan fingerprint density at radius 2 is 1.95 bits per heavy atom. The highest BCUT2D eigenvalue weighted by Crippen LogP contribution is 2.26. The van der Waals surface area contributed by atoms with Gasteiger partial charge in [0.25, 0.3) is 0 Å². The predicted octanol–water partition coefficient (Wildman–Crippen LogP) is 2.61.